The van der Waals surface area contributed by atoms with E-state index in [4.69, 9.17) is 9.47 Å². The molecule has 1 unspecified atom stereocenters. The van der Waals surface area contributed by atoms with Crippen molar-refractivity contribution in [3.8, 4) is 0 Å². The molecule has 11 heteroatoms. The number of fused-ring (bicyclic) bond motifs is 1. The first-order valence-electron chi connectivity index (χ1n) is 16.3. The maximum atomic E-state index is 13.3. The van der Waals surface area contributed by atoms with Gasteiger partial charge in [-0.3, -0.25) is 24.6 Å². The van der Waals surface area contributed by atoms with Crippen LogP contribution in [0.3, 0.4) is 0 Å². The summed E-state index contributed by atoms with van der Waals surface area (Å²) in [6, 6.07) is 6.06. The molecule has 1 N–H and O–H groups in total. The number of amides is 4. The van der Waals surface area contributed by atoms with E-state index in [1.54, 1.807) is 9.80 Å². The maximum absolute atomic E-state index is 13.3. The van der Waals surface area contributed by atoms with Gasteiger partial charge in [0, 0.05) is 62.5 Å². The Bertz CT molecular complexity index is 1300. The summed E-state index contributed by atoms with van der Waals surface area (Å²) in [7, 11) is 0. The van der Waals surface area contributed by atoms with Gasteiger partial charge in [0.25, 0.3) is 5.91 Å². The molecule has 1 aromatic carbocycles. The number of piperidine rings is 2. The second kappa shape index (κ2) is 12.0. The van der Waals surface area contributed by atoms with Crippen LogP contribution in [0.4, 0.5) is 10.5 Å². The molecule has 1 saturated carbocycles. The number of carbonyl (C=O) groups excluding carboxylic acids is 4. The van der Waals surface area contributed by atoms with E-state index in [2.05, 4.69) is 28.1 Å². The molecule has 4 amide bonds. The van der Waals surface area contributed by atoms with E-state index in [9.17, 15) is 19.2 Å². The Labute approximate surface area is 260 Å². The van der Waals surface area contributed by atoms with Crippen molar-refractivity contribution < 1.29 is 28.7 Å². The Morgan fingerprint density at radius 3 is 2.34 bits per heavy atom. The third kappa shape index (κ3) is 6.18. The molecule has 44 heavy (non-hydrogen) atoms. The average molecular weight is 610 g/mol. The molecule has 3 saturated heterocycles. The predicted molar refractivity (Wildman–Crippen MR) is 164 cm³/mol. The van der Waals surface area contributed by atoms with E-state index < -0.39 is 11.6 Å². The zero-order valence-electron chi connectivity index (χ0n) is 26.7. The van der Waals surface area contributed by atoms with Gasteiger partial charge >= 0.3 is 6.09 Å². The number of likely N-dealkylation sites (tertiary alicyclic amines) is 1. The molecule has 0 radical (unpaired) electrons. The van der Waals surface area contributed by atoms with Crippen molar-refractivity contribution in [2.75, 3.05) is 37.6 Å². The minimum atomic E-state index is -0.617. The minimum absolute atomic E-state index is 0.137. The van der Waals surface area contributed by atoms with Gasteiger partial charge in [-0.1, -0.05) is 0 Å². The Balaban J connectivity index is 0.977. The van der Waals surface area contributed by atoms with Crippen molar-refractivity contribution in [2.24, 2.45) is 0 Å². The fourth-order valence-corrected chi connectivity index (χ4v) is 7.51. The van der Waals surface area contributed by atoms with Crippen LogP contribution in [-0.2, 0) is 19.1 Å². The van der Waals surface area contributed by atoms with Crippen LogP contribution in [0.5, 0.6) is 0 Å². The molecule has 1 aliphatic carbocycles. The second-order valence-corrected chi connectivity index (χ2v) is 14.2. The van der Waals surface area contributed by atoms with Gasteiger partial charge in [0.15, 0.2) is 0 Å². The molecule has 5 aliphatic rings. The molecule has 4 heterocycles. The van der Waals surface area contributed by atoms with Crippen molar-refractivity contribution in [3.63, 3.8) is 0 Å². The number of hydrogen-bond donors (Lipinski definition) is 1. The van der Waals surface area contributed by atoms with Crippen LogP contribution in [0.2, 0.25) is 0 Å². The molecule has 6 rings (SSSR count). The molecule has 4 aliphatic heterocycles. The molecular formula is C33H47N5O6. The second-order valence-electron chi connectivity index (χ2n) is 14.2. The number of hydrogen-bond acceptors (Lipinski definition) is 8. The van der Waals surface area contributed by atoms with Crippen molar-refractivity contribution in [1.82, 2.24) is 20.0 Å². The lowest BCUT2D eigenvalue weighted by molar-refractivity contribution is -0.137. The molecule has 1 aromatic rings. The highest BCUT2D eigenvalue weighted by Gasteiger charge is 2.44. The Morgan fingerprint density at radius 1 is 0.955 bits per heavy atom. The zero-order valence-corrected chi connectivity index (χ0v) is 26.7. The quantitative estimate of drug-likeness (QED) is 0.506. The van der Waals surface area contributed by atoms with Gasteiger partial charge in [0.2, 0.25) is 11.8 Å². The van der Waals surface area contributed by atoms with E-state index in [0.29, 0.717) is 37.2 Å². The number of nitrogens with one attached hydrogen (secondary N) is 1. The van der Waals surface area contributed by atoms with Gasteiger partial charge in [-0.25, -0.2) is 4.79 Å². The number of benzene rings is 1. The molecule has 240 valence electrons. The standard InChI is InChI=1S/C33H47N5O6/c1-20-19-36(23-16-25(17-23)43-24-10-12-35(13-11-24)32(42)44-33(3,4)5)14-15-37(20)22-6-7-26-27(18-22)21(2)38(31(26)41)28-8-9-29(39)34-30(28)40/h6-7,18,20-21,23-25,28H,8-17,19H2,1-5H3,(H,34,39,40)/t20-,21-,23-,25-,28?/m1/s1. The number of nitrogens with zero attached hydrogens (tertiary/aromatic N) is 4. The number of ether oxygens (including phenoxy) is 2. The topological polar surface area (TPSA) is 112 Å². The van der Waals surface area contributed by atoms with Crippen LogP contribution in [0.25, 0.3) is 0 Å². The Kier molecular flexibility index (Phi) is 8.38. The van der Waals surface area contributed by atoms with Crippen molar-refractivity contribution in [2.45, 2.75) is 115 Å². The monoisotopic (exact) mass is 609 g/mol. The summed E-state index contributed by atoms with van der Waals surface area (Å²) in [5.74, 6) is -0.797. The number of rotatable bonds is 5. The van der Waals surface area contributed by atoms with Gasteiger partial charge < -0.3 is 24.2 Å². The lowest BCUT2D eigenvalue weighted by Crippen LogP contribution is -2.59. The van der Waals surface area contributed by atoms with Crippen molar-refractivity contribution in [3.05, 3.63) is 29.3 Å². The normalized spacial score (nSPS) is 30.2. The molecule has 0 bridgehead atoms. The summed E-state index contributed by atoms with van der Waals surface area (Å²) < 4.78 is 11.9. The van der Waals surface area contributed by atoms with Crippen LogP contribution in [0.1, 0.15) is 95.1 Å². The summed E-state index contributed by atoms with van der Waals surface area (Å²) in [5, 5.41) is 2.39. The van der Waals surface area contributed by atoms with E-state index >= 15 is 0 Å². The summed E-state index contributed by atoms with van der Waals surface area (Å²) in [6.45, 7) is 14.1. The van der Waals surface area contributed by atoms with E-state index in [1.807, 2.05) is 39.8 Å². The van der Waals surface area contributed by atoms with Crippen molar-refractivity contribution in [1.29, 1.82) is 0 Å². The minimum Gasteiger partial charge on any atom is -0.444 e. The fraction of sp³-hybridized carbons (Fsp3) is 0.697. The summed E-state index contributed by atoms with van der Waals surface area (Å²) >= 11 is 0. The largest absolute Gasteiger partial charge is 0.444 e. The lowest BCUT2D eigenvalue weighted by atomic mass is 9.86. The number of anilines is 1. The van der Waals surface area contributed by atoms with Crippen LogP contribution in [0, 0.1) is 0 Å². The molecule has 0 aromatic heterocycles. The molecule has 0 spiro atoms. The lowest BCUT2D eigenvalue weighted by Gasteiger charge is -2.49. The molecule has 3 atom stereocenters. The maximum Gasteiger partial charge on any atom is 0.410 e. The van der Waals surface area contributed by atoms with Crippen LogP contribution < -0.4 is 10.2 Å². The Morgan fingerprint density at radius 2 is 1.68 bits per heavy atom. The Hall–Kier alpha value is -3.18. The first-order valence-corrected chi connectivity index (χ1v) is 16.3. The fourth-order valence-electron chi connectivity index (χ4n) is 7.51. The van der Waals surface area contributed by atoms with Crippen LogP contribution in [0.15, 0.2) is 18.2 Å². The van der Waals surface area contributed by atoms with E-state index in [-0.39, 0.29) is 48.5 Å². The predicted octanol–water partition coefficient (Wildman–Crippen LogP) is 3.47. The van der Waals surface area contributed by atoms with Gasteiger partial charge in [0.1, 0.15) is 11.6 Å². The smallest absolute Gasteiger partial charge is 0.410 e. The molecule has 11 nitrogen and oxygen atoms in total. The zero-order chi connectivity index (χ0) is 31.3. The van der Waals surface area contributed by atoms with E-state index in [1.165, 1.54) is 0 Å². The first-order chi connectivity index (χ1) is 20.9. The third-order valence-electron chi connectivity index (χ3n) is 9.97. The number of carbonyl (C=O) groups is 4. The SMILES string of the molecule is C[C@@H]1CN([C@H]2C[C@H](OC3CCN(C(=O)OC(C)(C)C)CC3)C2)CCN1c1ccc2c(c1)[C@@H](C)N(C1CCC(=O)NC1=O)C2=O. The van der Waals surface area contributed by atoms with Crippen LogP contribution in [-0.4, -0.2) is 107 Å². The summed E-state index contributed by atoms with van der Waals surface area (Å²) in [4.78, 5) is 58.3. The highest BCUT2D eigenvalue weighted by Crippen LogP contribution is 2.39. The highest BCUT2D eigenvalue weighted by atomic mass is 16.6. The third-order valence-corrected chi connectivity index (χ3v) is 9.97. The first kappa shape index (κ1) is 30.8. The van der Waals surface area contributed by atoms with Gasteiger partial charge in [-0.05, 0) is 90.5 Å². The van der Waals surface area contributed by atoms with E-state index in [0.717, 1.165) is 56.6 Å². The highest BCUT2D eigenvalue weighted by molar-refractivity contribution is 6.06. The van der Waals surface area contributed by atoms with Gasteiger partial charge in [-0.15, -0.1) is 0 Å². The summed E-state index contributed by atoms with van der Waals surface area (Å²) in [6.07, 6.45) is 4.68. The molecular weight excluding hydrogens is 562 g/mol. The van der Waals surface area contributed by atoms with Crippen molar-refractivity contribution >= 4 is 29.5 Å². The number of piperazine rings is 1. The summed E-state index contributed by atoms with van der Waals surface area (Å²) in [5.41, 5.74) is 2.22. The van der Waals surface area contributed by atoms with Gasteiger partial charge in [0.05, 0.1) is 18.2 Å². The molecule has 4 fully saturated rings. The number of imide groups is 1. The van der Waals surface area contributed by atoms with Crippen LogP contribution >= 0.6 is 0 Å². The van der Waals surface area contributed by atoms with Gasteiger partial charge in [-0.2, -0.15) is 0 Å². The average Bonchev–Trinajstić information content (AvgIpc) is 3.18.